The Bertz CT molecular complexity index is 396. The highest BCUT2D eigenvalue weighted by atomic mass is 79.9. The van der Waals surface area contributed by atoms with Crippen LogP contribution >= 0.6 is 15.9 Å². The number of phenolic OH excluding ortho intramolecular Hbond substituents is 2. The molecular formula is C10H10BrNO2. The Kier molecular flexibility index (Phi) is 3.37. The van der Waals surface area contributed by atoms with Gasteiger partial charge in [-0.3, -0.25) is 0 Å². The monoisotopic (exact) mass is 255 g/mol. The molecule has 1 rings (SSSR count). The van der Waals surface area contributed by atoms with Crippen LogP contribution in [0.1, 0.15) is 17.5 Å². The van der Waals surface area contributed by atoms with Crippen LogP contribution < -0.4 is 0 Å². The average molecular weight is 256 g/mol. The number of nitriles is 1. The zero-order valence-electron chi connectivity index (χ0n) is 7.71. The second-order valence-corrected chi connectivity index (χ2v) is 3.81. The third kappa shape index (κ3) is 1.99. The van der Waals surface area contributed by atoms with Gasteiger partial charge in [0.15, 0.2) is 0 Å². The Balaban J connectivity index is 3.14. The molecule has 0 aliphatic heterocycles. The summed E-state index contributed by atoms with van der Waals surface area (Å²) in [5, 5.41) is 27.5. The number of hydrogen-bond donors (Lipinski definition) is 2. The van der Waals surface area contributed by atoms with E-state index in [4.69, 9.17) is 5.26 Å². The third-order valence-electron chi connectivity index (χ3n) is 1.99. The molecule has 3 nitrogen and oxygen atoms in total. The highest BCUT2D eigenvalue weighted by Gasteiger charge is 2.12. The number of aryl methyl sites for hydroxylation is 2. The molecule has 0 saturated heterocycles. The van der Waals surface area contributed by atoms with Crippen LogP contribution in [0.2, 0.25) is 0 Å². The van der Waals surface area contributed by atoms with E-state index in [0.29, 0.717) is 28.4 Å². The van der Waals surface area contributed by atoms with Crippen LogP contribution in [0.25, 0.3) is 0 Å². The summed E-state index contributed by atoms with van der Waals surface area (Å²) in [6.45, 7) is 1.75. The summed E-state index contributed by atoms with van der Waals surface area (Å²) in [5.74, 6) is 0.0616. The fourth-order valence-electron chi connectivity index (χ4n) is 1.21. The number of benzene rings is 1. The fraction of sp³-hybridized carbons (Fsp3) is 0.300. The first-order chi connectivity index (χ1) is 6.57. The van der Waals surface area contributed by atoms with Crippen molar-refractivity contribution in [1.82, 2.24) is 0 Å². The van der Waals surface area contributed by atoms with Crippen molar-refractivity contribution in [2.75, 3.05) is 0 Å². The molecule has 0 spiro atoms. The maximum absolute atomic E-state index is 9.61. The van der Waals surface area contributed by atoms with E-state index in [2.05, 4.69) is 15.9 Å². The van der Waals surface area contributed by atoms with Crippen LogP contribution in [-0.2, 0) is 6.42 Å². The zero-order valence-corrected chi connectivity index (χ0v) is 9.30. The second-order valence-electron chi connectivity index (χ2n) is 3.02. The first-order valence-corrected chi connectivity index (χ1v) is 4.94. The minimum atomic E-state index is 0.0170. The van der Waals surface area contributed by atoms with Gasteiger partial charge in [0, 0.05) is 6.42 Å². The first-order valence-electron chi connectivity index (χ1n) is 4.14. The SMILES string of the molecule is Cc1cc(CCC#N)c(O)c(Br)c1O. The molecule has 0 aliphatic rings. The number of halogens is 1. The average Bonchev–Trinajstić information content (AvgIpc) is 2.18. The summed E-state index contributed by atoms with van der Waals surface area (Å²) in [6.07, 6.45) is 0.840. The molecular weight excluding hydrogens is 246 g/mol. The highest BCUT2D eigenvalue weighted by Crippen LogP contribution is 2.38. The van der Waals surface area contributed by atoms with E-state index >= 15 is 0 Å². The highest BCUT2D eigenvalue weighted by molar-refractivity contribution is 9.10. The molecule has 0 aliphatic carbocycles. The number of hydrogen-bond acceptors (Lipinski definition) is 3. The second kappa shape index (κ2) is 4.34. The molecule has 1 aromatic rings. The van der Waals surface area contributed by atoms with Crippen molar-refractivity contribution in [2.24, 2.45) is 0 Å². The lowest BCUT2D eigenvalue weighted by Gasteiger charge is -2.08. The van der Waals surface area contributed by atoms with E-state index in [1.807, 2.05) is 6.07 Å². The number of rotatable bonds is 2. The van der Waals surface area contributed by atoms with E-state index in [0.717, 1.165) is 0 Å². The first kappa shape index (κ1) is 10.9. The summed E-state index contributed by atoms with van der Waals surface area (Å²) in [6, 6.07) is 3.70. The van der Waals surface area contributed by atoms with Crippen molar-refractivity contribution in [3.63, 3.8) is 0 Å². The Labute approximate surface area is 90.7 Å². The lowest BCUT2D eigenvalue weighted by molar-refractivity contribution is 0.437. The van der Waals surface area contributed by atoms with Gasteiger partial charge in [0.25, 0.3) is 0 Å². The Morgan fingerprint density at radius 3 is 2.64 bits per heavy atom. The summed E-state index contributed by atoms with van der Waals surface area (Å²) < 4.78 is 0.297. The topological polar surface area (TPSA) is 64.2 Å². The van der Waals surface area contributed by atoms with Crippen molar-refractivity contribution in [3.8, 4) is 17.6 Å². The minimum Gasteiger partial charge on any atom is -0.506 e. The van der Waals surface area contributed by atoms with Gasteiger partial charge in [-0.05, 0) is 46.5 Å². The standard InChI is InChI=1S/C10H10BrNO2/c1-6-5-7(3-2-4-12)10(14)8(11)9(6)13/h5,13-14H,2-3H2,1H3. The van der Waals surface area contributed by atoms with Crippen molar-refractivity contribution in [1.29, 1.82) is 5.26 Å². The maximum atomic E-state index is 9.61. The minimum absolute atomic E-state index is 0.0170. The van der Waals surface area contributed by atoms with E-state index in [9.17, 15) is 10.2 Å². The molecule has 14 heavy (non-hydrogen) atoms. The van der Waals surface area contributed by atoms with Crippen LogP contribution in [0.15, 0.2) is 10.5 Å². The molecule has 2 N–H and O–H groups in total. The molecule has 0 atom stereocenters. The predicted octanol–water partition coefficient (Wildman–Crippen LogP) is 2.62. The zero-order chi connectivity index (χ0) is 10.7. The van der Waals surface area contributed by atoms with Crippen LogP contribution in [0.4, 0.5) is 0 Å². The molecule has 74 valence electrons. The van der Waals surface area contributed by atoms with Crippen LogP contribution in [0.3, 0.4) is 0 Å². The van der Waals surface area contributed by atoms with Crippen molar-refractivity contribution in [3.05, 3.63) is 21.7 Å². The molecule has 0 heterocycles. The third-order valence-corrected chi connectivity index (χ3v) is 2.74. The van der Waals surface area contributed by atoms with Gasteiger partial charge in [-0.15, -0.1) is 0 Å². The van der Waals surface area contributed by atoms with Crippen LogP contribution in [0, 0.1) is 18.3 Å². The van der Waals surface area contributed by atoms with Crippen LogP contribution in [0.5, 0.6) is 11.5 Å². The van der Waals surface area contributed by atoms with Crippen molar-refractivity contribution < 1.29 is 10.2 Å². The summed E-state index contributed by atoms with van der Waals surface area (Å²) in [7, 11) is 0. The maximum Gasteiger partial charge on any atom is 0.136 e. The lowest BCUT2D eigenvalue weighted by Crippen LogP contribution is -1.89. The smallest absolute Gasteiger partial charge is 0.136 e. The summed E-state index contributed by atoms with van der Waals surface area (Å²) >= 11 is 3.09. The van der Waals surface area contributed by atoms with Gasteiger partial charge in [0.1, 0.15) is 16.0 Å². The molecule has 0 saturated carbocycles. The van der Waals surface area contributed by atoms with Gasteiger partial charge in [-0.2, -0.15) is 5.26 Å². The molecule has 0 bridgehead atoms. The Hall–Kier alpha value is -1.21. The number of aromatic hydroxyl groups is 2. The van der Waals surface area contributed by atoms with E-state index in [-0.39, 0.29) is 11.5 Å². The molecule has 0 fully saturated rings. The fourth-order valence-corrected chi connectivity index (χ4v) is 1.77. The van der Waals surface area contributed by atoms with E-state index < -0.39 is 0 Å². The van der Waals surface area contributed by atoms with Gasteiger partial charge < -0.3 is 10.2 Å². The van der Waals surface area contributed by atoms with E-state index in [1.165, 1.54) is 0 Å². The Morgan fingerprint density at radius 1 is 1.43 bits per heavy atom. The predicted molar refractivity (Wildman–Crippen MR) is 56.1 cm³/mol. The quantitative estimate of drug-likeness (QED) is 0.854. The van der Waals surface area contributed by atoms with Gasteiger partial charge in [-0.25, -0.2) is 0 Å². The largest absolute Gasteiger partial charge is 0.506 e. The van der Waals surface area contributed by atoms with Gasteiger partial charge in [-0.1, -0.05) is 0 Å². The molecule has 0 aromatic heterocycles. The molecule has 0 unspecified atom stereocenters. The number of phenols is 2. The summed E-state index contributed by atoms with van der Waals surface area (Å²) in [4.78, 5) is 0. The number of nitrogens with zero attached hydrogens (tertiary/aromatic N) is 1. The van der Waals surface area contributed by atoms with Crippen molar-refractivity contribution in [2.45, 2.75) is 19.8 Å². The van der Waals surface area contributed by atoms with Crippen molar-refractivity contribution >= 4 is 15.9 Å². The molecule has 0 radical (unpaired) electrons. The van der Waals surface area contributed by atoms with E-state index in [1.54, 1.807) is 13.0 Å². The Morgan fingerprint density at radius 2 is 2.07 bits per heavy atom. The summed E-state index contributed by atoms with van der Waals surface area (Å²) in [5.41, 5.74) is 1.36. The van der Waals surface area contributed by atoms with Gasteiger partial charge >= 0.3 is 0 Å². The lowest BCUT2D eigenvalue weighted by atomic mass is 10.1. The normalized spacial score (nSPS) is 9.79. The molecule has 0 amide bonds. The van der Waals surface area contributed by atoms with Gasteiger partial charge in [0.2, 0.25) is 0 Å². The van der Waals surface area contributed by atoms with Crippen LogP contribution in [-0.4, -0.2) is 10.2 Å². The molecule has 1 aromatic carbocycles. The van der Waals surface area contributed by atoms with Gasteiger partial charge in [0.05, 0.1) is 6.07 Å². The molecule has 4 heteroatoms.